The number of hydrogen-bond donors (Lipinski definition) is 1. The molecule has 27 heavy (non-hydrogen) atoms. The molecule has 0 amide bonds. The van der Waals surface area contributed by atoms with Gasteiger partial charge in [-0.05, 0) is 37.4 Å². The van der Waals surface area contributed by atoms with Crippen molar-refractivity contribution in [1.82, 2.24) is 20.4 Å². The number of hydrogen-bond acceptors (Lipinski definition) is 6. The zero-order valence-electron chi connectivity index (χ0n) is 14.9. The molecule has 0 bridgehead atoms. The Balaban J connectivity index is 1.67. The van der Waals surface area contributed by atoms with Crippen LogP contribution in [0.25, 0.3) is 11.5 Å². The van der Waals surface area contributed by atoms with Crippen molar-refractivity contribution in [2.24, 2.45) is 0 Å². The van der Waals surface area contributed by atoms with Crippen molar-refractivity contribution in [2.75, 3.05) is 26.7 Å². The number of likely N-dealkylation sites (N-methyl/N-ethyl adjacent to an activating group) is 1. The number of benzene rings is 2. The monoisotopic (exact) mass is 366 g/mol. The molecule has 1 unspecified atom stereocenters. The van der Waals surface area contributed by atoms with Crippen molar-refractivity contribution in [3.63, 3.8) is 0 Å². The molecular formula is C20H19FN4O2. The number of carbonyl (C=O) groups is 1. The molecule has 2 heterocycles. The smallest absolute Gasteiger partial charge is 0.258 e. The lowest BCUT2D eigenvalue weighted by molar-refractivity contribution is 0.103. The van der Waals surface area contributed by atoms with Gasteiger partial charge in [0, 0.05) is 30.8 Å². The van der Waals surface area contributed by atoms with Crippen LogP contribution in [0, 0.1) is 5.82 Å². The van der Waals surface area contributed by atoms with Crippen molar-refractivity contribution in [3.8, 4) is 11.5 Å². The van der Waals surface area contributed by atoms with Gasteiger partial charge in [-0.3, -0.25) is 9.69 Å². The van der Waals surface area contributed by atoms with Gasteiger partial charge in [0.1, 0.15) is 5.82 Å². The number of carbonyl (C=O) groups excluding carboxylic acids is 1. The van der Waals surface area contributed by atoms with Crippen LogP contribution in [0.15, 0.2) is 53.1 Å². The summed E-state index contributed by atoms with van der Waals surface area (Å²) in [6, 6.07) is 12.6. The van der Waals surface area contributed by atoms with Gasteiger partial charge < -0.3 is 9.84 Å². The molecule has 4 rings (SSSR count). The van der Waals surface area contributed by atoms with Crippen molar-refractivity contribution < 1.29 is 13.7 Å². The molecule has 1 atom stereocenters. The average molecular weight is 366 g/mol. The van der Waals surface area contributed by atoms with Gasteiger partial charge in [-0.2, -0.15) is 4.98 Å². The molecule has 0 aliphatic carbocycles. The topological polar surface area (TPSA) is 71.3 Å². The molecule has 1 aliphatic rings. The summed E-state index contributed by atoms with van der Waals surface area (Å²) in [7, 11) is 2.02. The van der Waals surface area contributed by atoms with Gasteiger partial charge in [0.05, 0.1) is 11.6 Å². The summed E-state index contributed by atoms with van der Waals surface area (Å²) in [6.07, 6.45) is 0. The van der Waals surface area contributed by atoms with Crippen LogP contribution in [0.1, 0.15) is 27.8 Å². The highest BCUT2D eigenvalue weighted by Crippen LogP contribution is 2.27. The third kappa shape index (κ3) is 3.51. The number of ketones is 1. The molecule has 1 aromatic heterocycles. The van der Waals surface area contributed by atoms with Crippen LogP contribution >= 0.6 is 0 Å². The Hall–Kier alpha value is -2.90. The maximum atomic E-state index is 13.2. The van der Waals surface area contributed by atoms with E-state index in [1.807, 2.05) is 13.1 Å². The Morgan fingerprint density at radius 1 is 1.22 bits per heavy atom. The van der Waals surface area contributed by atoms with E-state index < -0.39 is 0 Å². The zero-order valence-corrected chi connectivity index (χ0v) is 14.9. The minimum Gasteiger partial charge on any atom is -0.334 e. The van der Waals surface area contributed by atoms with Gasteiger partial charge in [0.25, 0.3) is 5.89 Å². The van der Waals surface area contributed by atoms with E-state index in [9.17, 15) is 9.18 Å². The average Bonchev–Trinajstić information content (AvgIpc) is 3.18. The molecule has 0 spiro atoms. The highest BCUT2D eigenvalue weighted by atomic mass is 19.1. The second kappa shape index (κ2) is 7.38. The van der Waals surface area contributed by atoms with E-state index in [1.54, 1.807) is 18.2 Å². The molecule has 0 saturated carbocycles. The van der Waals surface area contributed by atoms with Crippen molar-refractivity contribution in [2.45, 2.75) is 6.04 Å². The fourth-order valence-electron chi connectivity index (χ4n) is 3.20. The van der Waals surface area contributed by atoms with Crippen molar-refractivity contribution in [3.05, 3.63) is 71.3 Å². The minimum absolute atomic E-state index is 0.0243. The molecule has 1 saturated heterocycles. The molecule has 0 radical (unpaired) electrons. The number of rotatable bonds is 4. The highest BCUT2D eigenvalue weighted by molar-refractivity contribution is 6.12. The number of aromatic nitrogens is 2. The second-order valence-electron chi connectivity index (χ2n) is 6.54. The van der Waals surface area contributed by atoms with Gasteiger partial charge in [0.15, 0.2) is 11.6 Å². The molecule has 7 heteroatoms. The van der Waals surface area contributed by atoms with E-state index in [0.717, 1.165) is 19.6 Å². The fraction of sp³-hybridized carbons (Fsp3) is 0.250. The largest absolute Gasteiger partial charge is 0.334 e. The molecule has 2 aromatic carbocycles. The maximum absolute atomic E-state index is 13.2. The van der Waals surface area contributed by atoms with Crippen LogP contribution in [0.5, 0.6) is 0 Å². The van der Waals surface area contributed by atoms with Crippen LogP contribution in [0.2, 0.25) is 0 Å². The second-order valence-corrected chi connectivity index (χ2v) is 6.54. The summed E-state index contributed by atoms with van der Waals surface area (Å²) < 4.78 is 18.6. The standard InChI is InChI=1S/C20H19FN4O2/c1-25-11-10-22-12-17(25)19-23-20(27-24-19)16-5-3-2-4-15(16)18(26)13-6-8-14(21)9-7-13/h2-9,17,22H,10-12H2,1H3. The first-order valence-electron chi connectivity index (χ1n) is 8.78. The molecule has 1 aliphatic heterocycles. The van der Waals surface area contributed by atoms with E-state index in [4.69, 9.17) is 4.52 Å². The van der Waals surface area contributed by atoms with Crippen LogP contribution < -0.4 is 5.32 Å². The SMILES string of the molecule is CN1CCNCC1c1noc(-c2ccccc2C(=O)c2ccc(F)cc2)n1. The van der Waals surface area contributed by atoms with E-state index in [-0.39, 0.29) is 17.6 Å². The molecule has 138 valence electrons. The third-order valence-electron chi connectivity index (χ3n) is 4.76. The highest BCUT2D eigenvalue weighted by Gasteiger charge is 2.26. The van der Waals surface area contributed by atoms with Crippen molar-refractivity contribution in [1.29, 1.82) is 0 Å². The summed E-state index contributed by atoms with van der Waals surface area (Å²) in [5.41, 5.74) is 1.41. The fourth-order valence-corrected chi connectivity index (χ4v) is 3.20. The van der Waals surface area contributed by atoms with E-state index in [1.165, 1.54) is 24.3 Å². The van der Waals surface area contributed by atoms with Gasteiger partial charge in [-0.15, -0.1) is 0 Å². The number of nitrogens with one attached hydrogen (secondary N) is 1. The lowest BCUT2D eigenvalue weighted by atomic mass is 9.98. The Kier molecular flexibility index (Phi) is 4.79. The third-order valence-corrected chi connectivity index (χ3v) is 4.76. The van der Waals surface area contributed by atoms with Gasteiger partial charge in [-0.1, -0.05) is 23.4 Å². The Labute approximate surface area is 156 Å². The first-order valence-corrected chi connectivity index (χ1v) is 8.78. The predicted molar refractivity (Wildman–Crippen MR) is 97.8 cm³/mol. The molecule has 3 aromatic rings. The van der Waals surface area contributed by atoms with Crippen LogP contribution in [0.4, 0.5) is 4.39 Å². The first-order chi connectivity index (χ1) is 13.1. The molecule has 6 nitrogen and oxygen atoms in total. The summed E-state index contributed by atoms with van der Waals surface area (Å²) in [5, 5.41) is 7.44. The summed E-state index contributed by atoms with van der Waals surface area (Å²) in [4.78, 5) is 19.6. The Bertz CT molecular complexity index is 955. The number of piperazine rings is 1. The van der Waals surface area contributed by atoms with E-state index in [2.05, 4.69) is 20.4 Å². The molecule has 1 fully saturated rings. The summed E-state index contributed by atoms with van der Waals surface area (Å²) >= 11 is 0. The lowest BCUT2D eigenvalue weighted by Crippen LogP contribution is -2.44. The van der Waals surface area contributed by atoms with Crippen LogP contribution in [-0.2, 0) is 0 Å². The Morgan fingerprint density at radius 3 is 2.78 bits per heavy atom. The number of halogens is 1. The normalized spacial score (nSPS) is 17.8. The van der Waals surface area contributed by atoms with E-state index in [0.29, 0.717) is 28.4 Å². The zero-order chi connectivity index (χ0) is 18.8. The maximum Gasteiger partial charge on any atom is 0.258 e. The lowest BCUT2D eigenvalue weighted by Gasteiger charge is -2.30. The Morgan fingerprint density at radius 2 is 2.00 bits per heavy atom. The van der Waals surface area contributed by atoms with Gasteiger partial charge in [0.2, 0.25) is 0 Å². The first kappa shape index (κ1) is 17.5. The predicted octanol–water partition coefficient (Wildman–Crippen LogP) is 2.68. The number of nitrogens with zero attached hydrogens (tertiary/aromatic N) is 3. The van der Waals surface area contributed by atoms with Gasteiger partial charge in [-0.25, -0.2) is 4.39 Å². The van der Waals surface area contributed by atoms with Crippen molar-refractivity contribution >= 4 is 5.78 Å². The van der Waals surface area contributed by atoms with E-state index >= 15 is 0 Å². The van der Waals surface area contributed by atoms with Gasteiger partial charge >= 0.3 is 0 Å². The quantitative estimate of drug-likeness (QED) is 0.716. The minimum atomic E-state index is -0.383. The van der Waals surface area contributed by atoms with Crippen LogP contribution in [-0.4, -0.2) is 47.5 Å². The summed E-state index contributed by atoms with van der Waals surface area (Å²) in [5.74, 6) is 0.284. The molecule has 1 N–H and O–H groups in total. The summed E-state index contributed by atoms with van der Waals surface area (Å²) in [6.45, 7) is 2.56. The molecular weight excluding hydrogens is 347 g/mol. The van der Waals surface area contributed by atoms with Crippen LogP contribution in [0.3, 0.4) is 0 Å².